The normalized spacial score (nSPS) is 11.8. The number of thioether (sulfide) groups is 1. The van der Waals surface area contributed by atoms with Crippen molar-refractivity contribution in [2.45, 2.75) is 17.9 Å². The van der Waals surface area contributed by atoms with Crippen molar-refractivity contribution in [3.05, 3.63) is 24.5 Å². The summed E-state index contributed by atoms with van der Waals surface area (Å²) in [4.78, 5) is 3.84. The van der Waals surface area contributed by atoms with E-state index in [1.807, 2.05) is 0 Å². The van der Waals surface area contributed by atoms with Gasteiger partial charge in [0.2, 0.25) is 0 Å². The van der Waals surface area contributed by atoms with E-state index in [9.17, 15) is 13.2 Å². The van der Waals surface area contributed by atoms with Gasteiger partial charge >= 0.3 is 6.18 Å². The van der Waals surface area contributed by atoms with Crippen LogP contribution >= 0.6 is 11.8 Å². The predicted molar refractivity (Wildman–Crippen MR) is 71.9 cm³/mol. The molecule has 0 saturated carbocycles. The molecule has 2 aromatic heterocycles. The van der Waals surface area contributed by atoms with Crippen LogP contribution in [0.25, 0.3) is 11.4 Å². The summed E-state index contributed by atoms with van der Waals surface area (Å²) in [7, 11) is 1.53. The third-order valence-corrected chi connectivity index (χ3v) is 3.44. The van der Waals surface area contributed by atoms with Crippen molar-refractivity contribution in [3.8, 4) is 11.4 Å². The van der Waals surface area contributed by atoms with Gasteiger partial charge < -0.3 is 4.74 Å². The van der Waals surface area contributed by atoms with E-state index in [1.54, 1.807) is 12.1 Å². The second-order valence-electron chi connectivity index (χ2n) is 4.08. The number of halogens is 3. The number of rotatable bonds is 6. The Morgan fingerprint density at radius 1 is 1.24 bits per heavy atom. The maximum absolute atomic E-state index is 12.8. The lowest BCUT2D eigenvalue weighted by Gasteiger charge is -2.12. The lowest BCUT2D eigenvalue weighted by Crippen LogP contribution is -2.19. The Bertz CT molecular complexity index is 574. The Hall–Kier alpha value is -1.61. The van der Waals surface area contributed by atoms with E-state index in [2.05, 4.69) is 15.2 Å². The van der Waals surface area contributed by atoms with Crippen molar-refractivity contribution < 1.29 is 17.9 Å². The highest BCUT2D eigenvalue weighted by Crippen LogP contribution is 2.28. The lowest BCUT2D eigenvalue weighted by atomic mass is 10.2. The van der Waals surface area contributed by atoms with Gasteiger partial charge in [0.1, 0.15) is 6.54 Å². The SMILES string of the molecule is COCCSc1nnc(-c2ccncc2)n1CC(F)(F)F. The number of nitrogens with zero attached hydrogens (tertiary/aromatic N) is 4. The highest BCUT2D eigenvalue weighted by Gasteiger charge is 2.31. The van der Waals surface area contributed by atoms with E-state index in [0.29, 0.717) is 17.9 Å². The van der Waals surface area contributed by atoms with Crippen LogP contribution in [0.5, 0.6) is 0 Å². The molecule has 0 aromatic carbocycles. The molecule has 0 saturated heterocycles. The molecule has 0 unspecified atom stereocenters. The zero-order chi connectivity index (χ0) is 15.3. The largest absolute Gasteiger partial charge is 0.406 e. The molecule has 0 amide bonds. The number of pyridine rings is 1. The summed E-state index contributed by atoms with van der Waals surface area (Å²) in [6.45, 7) is -0.707. The van der Waals surface area contributed by atoms with E-state index in [1.165, 1.54) is 31.3 Å². The summed E-state index contributed by atoms with van der Waals surface area (Å²) in [5, 5.41) is 7.94. The van der Waals surface area contributed by atoms with Crippen LogP contribution in [0.15, 0.2) is 29.7 Å². The van der Waals surface area contributed by atoms with Crippen molar-refractivity contribution in [1.29, 1.82) is 0 Å². The molecule has 0 bridgehead atoms. The molecule has 21 heavy (non-hydrogen) atoms. The summed E-state index contributed by atoms with van der Waals surface area (Å²) in [5.41, 5.74) is 0.542. The van der Waals surface area contributed by atoms with Gasteiger partial charge in [-0.15, -0.1) is 10.2 Å². The first-order valence-electron chi connectivity index (χ1n) is 6.03. The first-order chi connectivity index (χ1) is 10.0. The summed E-state index contributed by atoms with van der Waals surface area (Å²) < 4.78 is 44.2. The molecule has 0 spiro atoms. The monoisotopic (exact) mass is 318 g/mol. The molecule has 0 aliphatic rings. The molecule has 2 heterocycles. The van der Waals surface area contributed by atoms with Crippen molar-refractivity contribution in [1.82, 2.24) is 19.7 Å². The molecule has 9 heteroatoms. The molecule has 2 aromatic rings. The van der Waals surface area contributed by atoms with Crippen LogP contribution in [0.2, 0.25) is 0 Å². The molecule has 114 valence electrons. The fourth-order valence-corrected chi connectivity index (χ4v) is 2.49. The number of hydrogen-bond donors (Lipinski definition) is 0. The zero-order valence-electron chi connectivity index (χ0n) is 11.2. The molecule has 0 fully saturated rings. The van der Waals surface area contributed by atoms with Gasteiger partial charge in [0, 0.05) is 30.8 Å². The Labute approximate surface area is 123 Å². The van der Waals surface area contributed by atoms with Crippen LogP contribution in [0.4, 0.5) is 13.2 Å². The third kappa shape index (κ3) is 4.43. The number of alkyl halides is 3. The summed E-state index contributed by atoms with van der Waals surface area (Å²) in [6.07, 6.45) is -1.35. The minimum Gasteiger partial charge on any atom is -0.384 e. The number of methoxy groups -OCH3 is 1. The topological polar surface area (TPSA) is 52.8 Å². The van der Waals surface area contributed by atoms with Crippen LogP contribution < -0.4 is 0 Å². The van der Waals surface area contributed by atoms with Gasteiger partial charge in [0.15, 0.2) is 11.0 Å². The van der Waals surface area contributed by atoms with Crippen molar-refractivity contribution in [2.75, 3.05) is 19.5 Å². The Kier molecular flexibility index (Phi) is 5.18. The second kappa shape index (κ2) is 6.90. The molecule has 2 rings (SSSR count). The maximum atomic E-state index is 12.8. The highest BCUT2D eigenvalue weighted by atomic mass is 32.2. The molecular formula is C12H13F3N4OS. The fraction of sp³-hybridized carbons (Fsp3) is 0.417. The third-order valence-electron chi connectivity index (χ3n) is 2.51. The number of ether oxygens (including phenoxy) is 1. The van der Waals surface area contributed by atoms with Gasteiger partial charge in [-0.05, 0) is 12.1 Å². The molecule has 0 radical (unpaired) electrons. The summed E-state index contributed by atoms with van der Waals surface area (Å²) in [6, 6.07) is 3.20. The van der Waals surface area contributed by atoms with E-state index in [4.69, 9.17) is 4.74 Å². The van der Waals surface area contributed by atoms with E-state index in [0.717, 1.165) is 4.57 Å². The highest BCUT2D eigenvalue weighted by molar-refractivity contribution is 7.99. The maximum Gasteiger partial charge on any atom is 0.406 e. The van der Waals surface area contributed by atoms with Crippen LogP contribution in [0.3, 0.4) is 0 Å². The minimum atomic E-state index is -4.35. The van der Waals surface area contributed by atoms with Crippen LogP contribution in [0.1, 0.15) is 0 Å². The van der Waals surface area contributed by atoms with Crippen molar-refractivity contribution in [3.63, 3.8) is 0 Å². The van der Waals surface area contributed by atoms with Gasteiger partial charge in [0.25, 0.3) is 0 Å². The van der Waals surface area contributed by atoms with Crippen molar-refractivity contribution >= 4 is 11.8 Å². The Morgan fingerprint density at radius 2 is 1.95 bits per heavy atom. The molecule has 0 aliphatic heterocycles. The van der Waals surface area contributed by atoms with Crippen molar-refractivity contribution in [2.24, 2.45) is 0 Å². The summed E-state index contributed by atoms with van der Waals surface area (Å²) >= 11 is 1.18. The van der Waals surface area contributed by atoms with E-state index >= 15 is 0 Å². The van der Waals surface area contributed by atoms with Crippen LogP contribution in [-0.2, 0) is 11.3 Å². The van der Waals surface area contributed by atoms with Gasteiger partial charge in [-0.3, -0.25) is 9.55 Å². The van der Waals surface area contributed by atoms with Gasteiger partial charge in [0.05, 0.1) is 6.61 Å². The molecular weight excluding hydrogens is 305 g/mol. The summed E-state index contributed by atoms with van der Waals surface area (Å²) in [5.74, 6) is 0.678. The van der Waals surface area contributed by atoms with Gasteiger partial charge in [-0.2, -0.15) is 13.2 Å². The molecule has 0 N–H and O–H groups in total. The molecule has 5 nitrogen and oxygen atoms in total. The Balaban J connectivity index is 2.32. The average molecular weight is 318 g/mol. The minimum absolute atomic E-state index is 0.176. The second-order valence-corrected chi connectivity index (χ2v) is 5.15. The molecule has 0 aliphatic carbocycles. The number of hydrogen-bond acceptors (Lipinski definition) is 5. The predicted octanol–water partition coefficient (Wildman–Crippen LogP) is 2.64. The van der Waals surface area contributed by atoms with E-state index in [-0.39, 0.29) is 11.0 Å². The van der Waals surface area contributed by atoms with Crippen LogP contribution in [0, 0.1) is 0 Å². The smallest absolute Gasteiger partial charge is 0.384 e. The van der Waals surface area contributed by atoms with Gasteiger partial charge in [-0.1, -0.05) is 11.8 Å². The first kappa shape index (κ1) is 15.8. The first-order valence-corrected chi connectivity index (χ1v) is 7.02. The molecule has 0 atom stereocenters. The van der Waals surface area contributed by atoms with Crippen LogP contribution in [-0.4, -0.2) is 45.4 Å². The quantitative estimate of drug-likeness (QED) is 0.605. The van der Waals surface area contributed by atoms with Gasteiger partial charge in [-0.25, -0.2) is 0 Å². The Morgan fingerprint density at radius 3 is 2.57 bits per heavy atom. The zero-order valence-corrected chi connectivity index (χ0v) is 12.0. The number of aromatic nitrogens is 4. The fourth-order valence-electron chi connectivity index (χ4n) is 1.65. The standard InChI is InChI=1S/C12H13F3N4OS/c1-20-6-7-21-11-18-17-10(9-2-4-16-5-3-9)19(11)8-12(13,14)15/h2-5H,6-8H2,1H3. The lowest BCUT2D eigenvalue weighted by molar-refractivity contribution is -0.141. The average Bonchev–Trinajstić information content (AvgIpc) is 2.81. The van der Waals surface area contributed by atoms with E-state index < -0.39 is 12.7 Å².